The molecule has 0 unspecified atom stereocenters. The Labute approximate surface area is 112 Å². The molecule has 5 heteroatoms. The molecule has 1 fully saturated rings. The minimum absolute atomic E-state index is 0.111. The van der Waals surface area contributed by atoms with Crippen molar-refractivity contribution in [2.75, 3.05) is 6.61 Å². The molecule has 2 aromatic rings. The Balaban J connectivity index is 1.67. The van der Waals surface area contributed by atoms with Gasteiger partial charge in [-0.1, -0.05) is 0 Å². The summed E-state index contributed by atoms with van der Waals surface area (Å²) in [6, 6.07) is 6.37. The predicted molar refractivity (Wildman–Crippen MR) is 71.4 cm³/mol. The zero-order valence-corrected chi connectivity index (χ0v) is 10.7. The average Bonchev–Trinajstić information content (AvgIpc) is 3.00. The number of nitrogens with one attached hydrogen (secondary N) is 2. The van der Waals surface area contributed by atoms with E-state index in [1.165, 1.54) is 5.56 Å². The molecule has 2 N–H and O–H groups in total. The maximum Gasteiger partial charge on any atom is 0.0978 e. The van der Waals surface area contributed by atoms with Gasteiger partial charge in [0.25, 0.3) is 0 Å². The van der Waals surface area contributed by atoms with Crippen molar-refractivity contribution >= 4 is 0 Å². The summed E-state index contributed by atoms with van der Waals surface area (Å²) in [5.74, 6) is 0. The zero-order valence-electron chi connectivity index (χ0n) is 10.7. The van der Waals surface area contributed by atoms with E-state index in [0.29, 0.717) is 6.04 Å². The number of nitrogens with zero attached hydrogens (tertiary/aromatic N) is 2. The minimum atomic E-state index is 0.111. The van der Waals surface area contributed by atoms with E-state index in [0.717, 1.165) is 31.7 Å². The molecular formula is C14H18N4O. The van der Waals surface area contributed by atoms with E-state index in [9.17, 15) is 0 Å². The Kier molecular flexibility index (Phi) is 3.86. The van der Waals surface area contributed by atoms with E-state index in [1.807, 2.05) is 30.6 Å². The molecule has 1 aliphatic heterocycles. The number of ether oxygens (including phenoxy) is 1. The van der Waals surface area contributed by atoms with Crippen LogP contribution < -0.4 is 5.32 Å². The van der Waals surface area contributed by atoms with Gasteiger partial charge in [0, 0.05) is 43.5 Å². The fourth-order valence-electron chi connectivity index (χ4n) is 2.50. The molecule has 3 heterocycles. The van der Waals surface area contributed by atoms with Crippen molar-refractivity contribution in [3.05, 3.63) is 48.0 Å². The Morgan fingerprint density at radius 3 is 2.95 bits per heavy atom. The fourth-order valence-corrected chi connectivity index (χ4v) is 2.50. The number of hydrogen-bond donors (Lipinski definition) is 2. The van der Waals surface area contributed by atoms with Crippen molar-refractivity contribution in [1.29, 1.82) is 0 Å². The van der Waals surface area contributed by atoms with Gasteiger partial charge in [0.05, 0.1) is 6.10 Å². The summed E-state index contributed by atoms with van der Waals surface area (Å²) in [5, 5.41) is 10.5. The van der Waals surface area contributed by atoms with Crippen LogP contribution in [0.15, 0.2) is 36.8 Å². The molecule has 0 aromatic carbocycles. The first kappa shape index (κ1) is 12.3. The molecule has 1 saturated heterocycles. The SMILES string of the molecule is c1cc([C@H]2OCCC[C@@H]2NCc2ccn[nH]2)ccn1. The maximum atomic E-state index is 5.93. The highest BCUT2D eigenvalue weighted by atomic mass is 16.5. The van der Waals surface area contributed by atoms with Gasteiger partial charge in [-0.2, -0.15) is 5.10 Å². The first-order chi connectivity index (χ1) is 9.43. The minimum Gasteiger partial charge on any atom is -0.372 e. The van der Waals surface area contributed by atoms with Crippen LogP contribution in [-0.2, 0) is 11.3 Å². The van der Waals surface area contributed by atoms with Crippen molar-refractivity contribution in [3.63, 3.8) is 0 Å². The second-order valence-corrected chi connectivity index (χ2v) is 4.78. The molecule has 3 rings (SSSR count). The zero-order chi connectivity index (χ0) is 12.9. The Morgan fingerprint density at radius 2 is 2.16 bits per heavy atom. The summed E-state index contributed by atoms with van der Waals surface area (Å²) in [4.78, 5) is 4.06. The Bertz CT molecular complexity index is 485. The van der Waals surface area contributed by atoms with Gasteiger partial charge in [0.1, 0.15) is 0 Å². The summed E-state index contributed by atoms with van der Waals surface area (Å²) >= 11 is 0. The highest BCUT2D eigenvalue weighted by Gasteiger charge is 2.26. The molecular weight excluding hydrogens is 240 g/mol. The van der Waals surface area contributed by atoms with Crippen molar-refractivity contribution in [3.8, 4) is 0 Å². The smallest absolute Gasteiger partial charge is 0.0978 e. The monoisotopic (exact) mass is 258 g/mol. The van der Waals surface area contributed by atoms with E-state index < -0.39 is 0 Å². The van der Waals surface area contributed by atoms with Crippen molar-refractivity contribution in [1.82, 2.24) is 20.5 Å². The van der Waals surface area contributed by atoms with Crippen LogP contribution in [0, 0.1) is 0 Å². The largest absolute Gasteiger partial charge is 0.372 e. The van der Waals surface area contributed by atoms with Gasteiger partial charge < -0.3 is 10.1 Å². The lowest BCUT2D eigenvalue weighted by molar-refractivity contribution is -0.0113. The number of hydrogen-bond acceptors (Lipinski definition) is 4. The fraction of sp³-hybridized carbons (Fsp3) is 0.429. The summed E-state index contributed by atoms with van der Waals surface area (Å²) in [6.07, 6.45) is 7.75. The third-order valence-corrected chi connectivity index (χ3v) is 3.47. The number of aromatic amines is 1. The first-order valence-electron chi connectivity index (χ1n) is 6.66. The second kappa shape index (κ2) is 5.95. The average molecular weight is 258 g/mol. The summed E-state index contributed by atoms with van der Waals surface area (Å²) in [5.41, 5.74) is 2.29. The van der Waals surface area contributed by atoms with Crippen LogP contribution in [-0.4, -0.2) is 27.8 Å². The highest BCUT2D eigenvalue weighted by molar-refractivity contribution is 5.16. The third-order valence-electron chi connectivity index (χ3n) is 3.47. The maximum absolute atomic E-state index is 5.93. The van der Waals surface area contributed by atoms with Crippen LogP contribution in [0.5, 0.6) is 0 Å². The van der Waals surface area contributed by atoms with Crippen LogP contribution >= 0.6 is 0 Å². The molecule has 19 heavy (non-hydrogen) atoms. The molecule has 0 bridgehead atoms. The summed E-state index contributed by atoms with van der Waals surface area (Å²) in [7, 11) is 0. The normalized spacial score (nSPS) is 23.4. The lowest BCUT2D eigenvalue weighted by Crippen LogP contribution is -2.39. The first-order valence-corrected chi connectivity index (χ1v) is 6.66. The summed E-state index contributed by atoms with van der Waals surface area (Å²) in [6.45, 7) is 1.62. The van der Waals surface area contributed by atoms with E-state index >= 15 is 0 Å². The molecule has 1 aliphatic rings. The van der Waals surface area contributed by atoms with Crippen LogP contribution in [0.1, 0.15) is 30.2 Å². The highest BCUT2D eigenvalue weighted by Crippen LogP contribution is 2.28. The van der Waals surface area contributed by atoms with Gasteiger partial charge in [-0.3, -0.25) is 10.1 Å². The topological polar surface area (TPSA) is 62.8 Å². The number of rotatable bonds is 4. The Morgan fingerprint density at radius 1 is 1.26 bits per heavy atom. The van der Waals surface area contributed by atoms with Crippen molar-refractivity contribution in [2.24, 2.45) is 0 Å². The molecule has 0 saturated carbocycles. The predicted octanol–water partition coefficient (Wildman–Crippen LogP) is 1.81. The van der Waals surface area contributed by atoms with Crippen LogP contribution in [0.3, 0.4) is 0 Å². The molecule has 2 atom stereocenters. The van der Waals surface area contributed by atoms with Crippen LogP contribution in [0.2, 0.25) is 0 Å². The number of pyridine rings is 1. The third kappa shape index (κ3) is 3.00. The molecule has 2 aromatic heterocycles. The van der Waals surface area contributed by atoms with Gasteiger partial charge in [0.2, 0.25) is 0 Å². The molecule has 5 nitrogen and oxygen atoms in total. The van der Waals surface area contributed by atoms with Crippen LogP contribution in [0.4, 0.5) is 0 Å². The molecule has 0 spiro atoms. The lowest BCUT2D eigenvalue weighted by atomic mass is 9.96. The quantitative estimate of drug-likeness (QED) is 0.878. The van der Waals surface area contributed by atoms with Crippen molar-refractivity contribution < 1.29 is 4.74 Å². The van der Waals surface area contributed by atoms with Crippen LogP contribution in [0.25, 0.3) is 0 Å². The van der Waals surface area contributed by atoms with E-state index in [-0.39, 0.29) is 6.10 Å². The van der Waals surface area contributed by atoms with E-state index in [2.05, 4.69) is 20.5 Å². The van der Waals surface area contributed by atoms with Crippen molar-refractivity contribution in [2.45, 2.75) is 31.5 Å². The molecule has 0 radical (unpaired) electrons. The number of H-pyrrole nitrogens is 1. The molecule has 0 amide bonds. The van der Waals surface area contributed by atoms with E-state index in [4.69, 9.17) is 4.74 Å². The van der Waals surface area contributed by atoms with Gasteiger partial charge in [-0.15, -0.1) is 0 Å². The van der Waals surface area contributed by atoms with Gasteiger partial charge in [-0.05, 0) is 36.6 Å². The van der Waals surface area contributed by atoms with Gasteiger partial charge >= 0.3 is 0 Å². The summed E-state index contributed by atoms with van der Waals surface area (Å²) < 4.78 is 5.93. The standard InChI is InChI=1S/C14H18N4O/c1-2-13(16-10-12-5-8-17-18-12)14(19-9-1)11-3-6-15-7-4-11/h3-8,13-14,16H,1-2,9-10H2,(H,17,18)/t13-,14+/m0/s1. The lowest BCUT2D eigenvalue weighted by Gasteiger charge is -2.32. The molecule has 0 aliphatic carbocycles. The Hall–Kier alpha value is -1.72. The van der Waals surface area contributed by atoms with E-state index in [1.54, 1.807) is 6.20 Å². The van der Waals surface area contributed by atoms with Gasteiger partial charge in [0.15, 0.2) is 0 Å². The second-order valence-electron chi connectivity index (χ2n) is 4.78. The number of aromatic nitrogens is 3. The van der Waals surface area contributed by atoms with Gasteiger partial charge in [-0.25, -0.2) is 0 Å². The molecule has 100 valence electrons.